The molecule has 0 aromatic heterocycles. The molecule has 0 aliphatic heterocycles. The van der Waals surface area contributed by atoms with Crippen molar-refractivity contribution in [3.8, 4) is 6.07 Å². The summed E-state index contributed by atoms with van der Waals surface area (Å²) in [5, 5.41) is 12.2. The second-order valence-corrected chi connectivity index (χ2v) is 6.43. The Bertz CT molecular complexity index is 635. The number of benzene rings is 2. The first-order chi connectivity index (χ1) is 8.60. The molecule has 0 aliphatic carbocycles. The van der Waals surface area contributed by atoms with Crippen molar-refractivity contribution >= 4 is 65.8 Å². The number of nitrogens with one attached hydrogen (secondary N) is 1. The summed E-state index contributed by atoms with van der Waals surface area (Å²) in [6.45, 7) is 0. The maximum absolute atomic E-state index is 8.86. The molecule has 0 bridgehead atoms. The van der Waals surface area contributed by atoms with Crippen LogP contribution in [0.2, 0.25) is 0 Å². The molecule has 0 unspecified atom stereocenters. The van der Waals surface area contributed by atoms with Crippen molar-refractivity contribution in [2.45, 2.75) is 0 Å². The van der Waals surface area contributed by atoms with Crippen molar-refractivity contribution < 1.29 is 0 Å². The van der Waals surface area contributed by atoms with Crippen LogP contribution in [0.15, 0.2) is 45.3 Å². The van der Waals surface area contributed by atoms with Gasteiger partial charge in [-0.25, -0.2) is 0 Å². The first kappa shape index (κ1) is 13.8. The zero-order chi connectivity index (χ0) is 13.1. The summed E-state index contributed by atoms with van der Waals surface area (Å²) < 4.78 is 3.02. The second kappa shape index (κ2) is 6.04. The Morgan fingerprint density at radius 2 is 1.67 bits per heavy atom. The van der Waals surface area contributed by atoms with Crippen LogP contribution in [0.1, 0.15) is 5.56 Å². The van der Waals surface area contributed by atoms with Gasteiger partial charge in [0.1, 0.15) is 6.07 Å². The minimum absolute atomic E-state index is 0.630. The molecule has 18 heavy (non-hydrogen) atoms. The van der Waals surface area contributed by atoms with E-state index in [0.29, 0.717) is 5.56 Å². The summed E-state index contributed by atoms with van der Waals surface area (Å²) in [4.78, 5) is 0. The molecular weight excluding hydrogens is 471 g/mol. The number of nitrogens with zero attached hydrogens (tertiary/aromatic N) is 1. The van der Waals surface area contributed by atoms with Crippen LogP contribution in [0, 0.1) is 14.9 Å². The molecule has 2 aromatic rings. The van der Waals surface area contributed by atoms with Gasteiger partial charge in [-0.2, -0.15) is 5.26 Å². The molecule has 2 nitrogen and oxygen atoms in total. The van der Waals surface area contributed by atoms with E-state index in [-0.39, 0.29) is 0 Å². The fourth-order valence-corrected chi connectivity index (χ4v) is 2.65. The van der Waals surface area contributed by atoms with Gasteiger partial charge >= 0.3 is 0 Å². The van der Waals surface area contributed by atoms with Crippen LogP contribution in [0.5, 0.6) is 0 Å². The van der Waals surface area contributed by atoms with Gasteiger partial charge in [0.25, 0.3) is 0 Å². The number of nitriles is 1. The van der Waals surface area contributed by atoms with Crippen molar-refractivity contribution in [3.63, 3.8) is 0 Å². The Balaban J connectivity index is 2.26. The molecule has 0 saturated carbocycles. The molecule has 0 amide bonds. The molecule has 0 fully saturated rings. The quantitative estimate of drug-likeness (QED) is 0.585. The molecule has 0 radical (unpaired) electrons. The van der Waals surface area contributed by atoms with Gasteiger partial charge in [0.15, 0.2) is 0 Å². The minimum atomic E-state index is 0.630. The molecule has 2 aromatic carbocycles. The van der Waals surface area contributed by atoms with Crippen LogP contribution in [0.4, 0.5) is 11.4 Å². The summed E-state index contributed by atoms with van der Waals surface area (Å²) in [5.41, 5.74) is 2.59. The normalized spacial score (nSPS) is 9.89. The maximum Gasteiger partial charge on any atom is 0.100 e. The van der Waals surface area contributed by atoms with Crippen LogP contribution >= 0.6 is 54.5 Å². The number of halogens is 3. The summed E-state index contributed by atoms with van der Waals surface area (Å²) in [7, 11) is 0. The van der Waals surface area contributed by atoms with Crippen molar-refractivity contribution in [3.05, 3.63) is 54.5 Å². The lowest BCUT2D eigenvalue weighted by Gasteiger charge is -2.08. The Morgan fingerprint density at radius 1 is 1.00 bits per heavy atom. The number of anilines is 2. The molecule has 5 heteroatoms. The molecule has 2 rings (SSSR count). The zero-order valence-corrected chi connectivity index (χ0v) is 14.4. The highest BCUT2D eigenvalue weighted by Gasteiger charge is 2.02. The highest BCUT2D eigenvalue weighted by molar-refractivity contribution is 14.1. The van der Waals surface area contributed by atoms with Gasteiger partial charge in [-0.05, 0) is 90.8 Å². The van der Waals surface area contributed by atoms with Crippen LogP contribution in [0.25, 0.3) is 0 Å². The van der Waals surface area contributed by atoms with Gasteiger partial charge in [-0.15, -0.1) is 0 Å². The van der Waals surface area contributed by atoms with Gasteiger partial charge in [0.2, 0.25) is 0 Å². The lowest BCUT2D eigenvalue weighted by atomic mass is 10.2. The average molecular weight is 478 g/mol. The van der Waals surface area contributed by atoms with E-state index < -0.39 is 0 Å². The lowest BCUT2D eigenvalue weighted by Crippen LogP contribution is -1.91. The summed E-state index contributed by atoms with van der Waals surface area (Å²) in [6.07, 6.45) is 0. The molecule has 0 atom stereocenters. The smallest absolute Gasteiger partial charge is 0.100 e. The van der Waals surface area contributed by atoms with E-state index in [1.807, 2.05) is 24.3 Å². The van der Waals surface area contributed by atoms with E-state index >= 15 is 0 Å². The highest BCUT2D eigenvalue weighted by Crippen LogP contribution is 2.27. The molecule has 0 heterocycles. The van der Waals surface area contributed by atoms with E-state index in [1.54, 1.807) is 6.07 Å². The van der Waals surface area contributed by atoms with E-state index in [9.17, 15) is 0 Å². The van der Waals surface area contributed by atoms with Gasteiger partial charge in [-0.3, -0.25) is 0 Å². The van der Waals surface area contributed by atoms with Gasteiger partial charge in [0, 0.05) is 23.9 Å². The summed E-state index contributed by atoms with van der Waals surface area (Å²) in [6, 6.07) is 13.7. The lowest BCUT2D eigenvalue weighted by molar-refractivity contribution is 1.45. The van der Waals surface area contributed by atoms with Gasteiger partial charge < -0.3 is 5.32 Å². The summed E-state index contributed by atoms with van der Waals surface area (Å²) in [5.74, 6) is 0. The molecule has 0 aliphatic rings. The van der Waals surface area contributed by atoms with E-state index in [2.05, 4.69) is 71.9 Å². The molecule has 90 valence electrons. The Labute approximate surface area is 136 Å². The third-order valence-corrected chi connectivity index (χ3v) is 5.28. The third-order valence-electron chi connectivity index (χ3n) is 2.30. The van der Waals surface area contributed by atoms with Crippen LogP contribution in [-0.2, 0) is 0 Å². The Hall–Kier alpha value is -0.580. The summed E-state index contributed by atoms with van der Waals surface area (Å²) >= 11 is 9.11. The SMILES string of the molecule is N#Cc1ccc(Nc2ccc(Br)c(I)c2)cc1Br. The monoisotopic (exact) mass is 476 g/mol. The maximum atomic E-state index is 8.86. The van der Waals surface area contributed by atoms with Crippen molar-refractivity contribution in [1.29, 1.82) is 5.26 Å². The predicted octanol–water partition coefficient (Wildman–Crippen LogP) is 5.43. The highest BCUT2D eigenvalue weighted by atomic mass is 127. The van der Waals surface area contributed by atoms with Crippen molar-refractivity contribution in [2.24, 2.45) is 0 Å². The first-order valence-corrected chi connectivity index (χ1v) is 7.68. The number of hydrogen-bond donors (Lipinski definition) is 1. The standard InChI is InChI=1S/C13H7Br2IN2/c14-11-4-3-10(6-13(11)16)18-9-2-1-8(7-17)12(15)5-9/h1-6,18H. The van der Waals surface area contributed by atoms with Crippen molar-refractivity contribution in [1.82, 2.24) is 0 Å². The van der Waals surface area contributed by atoms with E-state index in [1.165, 1.54) is 0 Å². The first-order valence-electron chi connectivity index (χ1n) is 5.02. The zero-order valence-electron chi connectivity index (χ0n) is 9.05. The Morgan fingerprint density at radius 3 is 2.28 bits per heavy atom. The average Bonchev–Trinajstić information content (AvgIpc) is 2.34. The minimum Gasteiger partial charge on any atom is -0.355 e. The largest absolute Gasteiger partial charge is 0.355 e. The van der Waals surface area contributed by atoms with Crippen LogP contribution in [0.3, 0.4) is 0 Å². The fourth-order valence-electron chi connectivity index (χ4n) is 1.42. The van der Waals surface area contributed by atoms with Gasteiger partial charge in [-0.1, -0.05) is 0 Å². The van der Waals surface area contributed by atoms with Crippen LogP contribution < -0.4 is 5.32 Å². The second-order valence-electron chi connectivity index (χ2n) is 3.56. The van der Waals surface area contributed by atoms with Crippen molar-refractivity contribution in [2.75, 3.05) is 5.32 Å². The third kappa shape index (κ3) is 3.25. The molecule has 0 saturated heterocycles. The Kier molecular flexibility index (Phi) is 4.65. The van der Waals surface area contributed by atoms with Crippen LogP contribution in [-0.4, -0.2) is 0 Å². The molecular formula is C13H7Br2IN2. The predicted molar refractivity (Wildman–Crippen MR) is 89.0 cm³/mol. The molecule has 1 N–H and O–H groups in total. The number of hydrogen-bond acceptors (Lipinski definition) is 2. The van der Waals surface area contributed by atoms with Gasteiger partial charge in [0.05, 0.1) is 5.56 Å². The van der Waals surface area contributed by atoms with E-state index in [0.717, 1.165) is 23.9 Å². The van der Waals surface area contributed by atoms with E-state index in [4.69, 9.17) is 5.26 Å². The fraction of sp³-hybridized carbons (Fsp3) is 0. The topological polar surface area (TPSA) is 35.8 Å². The molecule has 0 spiro atoms. The number of rotatable bonds is 2.